The average molecular weight is 256 g/mol. The normalized spacial score (nSPS) is 18.1. The van der Waals surface area contributed by atoms with Crippen LogP contribution in [0.3, 0.4) is 0 Å². The predicted molar refractivity (Wildman–Crippen MR) is 69.1 cm³/mol. The van der Waals surface area contributed by atoms with Gasteiger partial charge in [-0.3, -0.25) is 9.59 Å². The molecule has 1 aliphatic heterocycles. The predicted octanol–water partition coefficient (Wildman–Crippen LogP) is 0.836. The van der Waals surface area contributed by atoms with Crippen molar-refractivity contribution >= 4 is 11.9 Å². The molecule has 18 heavy (non-hydrogen) atoms. The van der Waals surface area contributed by atoms with Crippen LogP contribution in [0.4, 0.5) is 0 Å². The van der Waals surface area contributed by atoms with Gasteiger partial charge in [-0.25, -0.2) is 0 Å². The molecule has 1 saturated heterocycles. The fourth-order valence-electron chi connectivity index (χ4n) is 2.35. The van der Waals surface area contributed by atoms with Crippen molar-refractivity contribution in [1.29, 1.82) is 0 Å². The van der Waals surface area contributed by atoms with E-state index < -0.39 is 0 Å². The Morgan fingerprint density at radius 2 is 1.94 bits per heavy atom. The molecule has 1 heterocycles. The van der Waals surface area contributed by atoms with Gasteiger partial charge in [0.2, 0.25) is 5.91 Å². The first-order chi connectivity index (χ1) is 8.64. The monoisotopic (exact) mass is 256 g/mol. The van der Waals surface area contributed by atoms with Crippen molar-refractivity contribution < 1.29 is 14.3 Å². The first-order valence-corrected chi connectivity index (χ1v) is 6.79. The van der Waals surface area contributed by atoms with Crippen LogP contribution in [-0.2, 0) is 14.3 Å². The van der Waals surface area contributed by atoms with Gasteiger partial charge in [0.1, 0.15) is 0 Å². The van der Waals surface area contributed by atoms with E-state index in [4.69, 9.17) is 4.74 Å². The molecule has 5 heteroatoms. The van der Waals surface area contributed by atoms with Crippen molar-refractivity contribution in [2.75, 3.05) is 26.2 Å². The van der Waals surface area contributed by atoms with Crippen molar-refractivity contribution in [3.8, 4) is 0 Å². The van der Waals surface area contributed by atoms with Crippen LogP contribution in [-0.4, -0.2) is 38.1 Å². The molecule has 0 unspecified atom stereocenters. The third-order valence-electron chi connectivity index (χ3n) is 3.64. The molecule has 0 aromatic heterocycles. The molecule has 5 nitrogen and oxygen atoms in total. The van der Waals surface area contributed by atoms with Crippen molar-refractivity contribution in [3.63, 3.8) is 0 Å². The van der Waals surface area contributed by atoms with Crippen LogP contribution in [0.25, 0.3) is 0 Å². The first kappa shape index (κ1) is 15.0. The Hall–Kier alpha value is -1.10. The smallest absolute Gasteiger partial charge is 0.307 e. The Bertz CT molecular complexity index is 286. The quantitative estimate of drug-likeness (QED) is 0.691. The first-order valence-electron chi connectivity index (χ1n) is 6.79. The molecule has 0 bridgehead atoms. The molecule has 0 spiro atoms. The van der Waals surface area contributed by atoms with Crippen LogP contribution in [0.15, 0.2) is 0 Å². The Labute approximate surface area is 109 Å². The molecule has 2 N–H and O–H groups in total. The topological polar surface area (TPSA) is 67.4 Å². The second kappa shape index (κ2) is 7.36. The number of nitrogens with one attached hydrogen (secondary N) is 2. The van der Waals surface area contributed by atoms with Gasteiger partial charge in [0.15, 0.2) is 0 Å². The molecular weight excluding hydrogens is 232 g/mol. The molecule has 0 saturated carbocycles. The number of hydrogen-bond donors (Lipinski definition) is 2. The van der Waals surface area contributed by atoms with E-state index in [1.54, 1.807) is 6.92 Å². The fourth-order valence-corrected chi connectivity index (χ4v) is 2.35. The number of carbonyl (C=O) groups excluding carboxylic acids is 2. The number of rotatable bonds is 6. The molecule has 1 fully saturated rings. The van der Waals surface area contributed by atoms with Crippen LogP contribution < -0.4 is 10.6 Å². The van der Waals surface area contributed by atoms with E-state index in [0.29, 0.717) is 13.2 Å². The lowest BCUT2D eigenvalue weighted by molar-refractivity contribution is -0.143. The summed E-state index contributed by atoms with van der Waals surface area (Å²) in [6, 6.07) is 0. The molecule has 0 radical (unpaired) electrons. The zero-order valence-corrected chi connectivity index (χ0v) is 11.4. The summed E-state index contributed by atoms with van der Waals surface area (Å²) in [6.07, 6.45) is 2.83. The lowest BCUT2D eigenvalue weighted by Crippen LogP contribution is -2.47. The SMILES string of the molecule is CCOC(=O)CCNC(=O)C1(CC)CCNCC1. The highest BCUT2D eigenvalue weighted by Gasteiger charge is 2.37. The Balaban J connectivity index is 2.36. The van der Waals surface area contributed by atoms with Crippen LogP contribution in [0.2, 0.25) is 0 Å². The van der Waals surface area contributed by atoms with Crippen LogP contribution >= 0.6 is 0 Å². The lowest BCUT2D eigenvalue weighted by Gasteiger charge is -2.35. The number of ether oxygens (including phenoxy) is 1. The second-order valence-corrected chi connectivity index (χ2v) is 4.69. The Morgan fingerprint density at radius 1 is 1.28 bits per heavy atom. The summed E-state index contributed by atoms with van der Waals surface area (Å²) in [7, 11) is 0. The summed E-state index contributed by atoms with van der Waals surface area (Å²) in [4.78, 5) is 23.4. The van der Waals surface area contributed by atoms with Gasteiger partial charge < -0.3 is 15.4 Å². The minimum atomic E-state index is -0.256. The maximum Gasteiger partial charge on any atom is 0.307 e. The molecule has 0 aromatic rings. The standard InChI is InChI=1S/C13H24N2O3/c1-3-13(6-9-14-10-7-13)12(17)15-8-5-11(16)18-4-2/h14H,3-10H2,1-2H3,(H,15,17). The zero-order chi connectivity index (χ0) is 13.4. The van der Waals surface area contributed by atoms with Crippen LogP contribution in [0.5, 0.6) is 0 Å². The van der Waals surface area contributed by atoms with E-state index in [9.17, 15) is 9.59 Å². The third-order valence-corrected chi connectivity index (χ3v) is 3.64. The van der Waals surface area contributed by atoms with Crippen molar-refractivity contribution in [2.45, 2.75) is 39.5 Å². The minimum Gasteiger partial charge on any atom is -0.466 e. The number of esters is 1. The molecule has 1 amide bonds. The van der Waals surface area contributed by atoms with E-state index in [1.165, 1.54) is 0 Å². The summed E-state index contributed by atoms with van der Waals surface area (Å²) < 4.78 is 4.82. The van der Waals surface area contributed by atoms with Crippen molar-refractivity contribution in [3.05, 3.63) is 0 Å². The summed E-state index contributed by atoms with van der Waals surface area (Å²) in [5.41, 5.74) is -0.250. The molecule has 0 atom stereocenters. The van der Waals surface area contributed by atoms with E-state index in [0.717, 1.165) is 32.4 Å². The van der Waals surface area contributed by atoms with Gasteiger partial charge in [-0.1, -0.05) is 6.92 Å². The van der Waals surface area contributed by atoms with Gasteiger partial charge in [0.25, 0.3) is 0 Å². The van der Waals surface area contributed by atoms with E-state index in [1.807, 2.05) is 0 Å². The zero-order valence-electron chi connectivity index (χ0n) is 11.4. The van der Waals surface area contributed by atoms with Crippen LogP contribution in [0, 0.1) is 5.41 Å². The molecule has 104 valence electrons. The highest BCUT2D eigenvalue weighted by Crippen LogP contribution is 2.32. The van der Waals surface area contributed by atoms with Gasteiger partial charge in [-0.05, 0) is 39.3 Å². The highest BCUT2D eigenvalue weighted by atomic mass is 16.5. The molecule has 1 rings (SSSR count). The van der Waals surface area contributed by atoms with Gasteiger partial charge >= 0.3 is 5.97 Å². The summed E-state index contributed by atoms with van der Waals surface area (Å²) in [5, 5.41) is 6.13. The third kappa shape index (κ3) is 3.98. The lowest BCUT2D eigenvalue weighted by atomic mass is 9.76. The average Bonchev–Trinajstić information content (AvgIpc) is 2.39. The van der Waals surface area contributed by atoms with Crippen molar-refractivity contribution in [2.24, 2.45) is 5.41 Å². The van der Waals surface area contributed by atoms with Gasteiger partial charge in [-0.2, -0.15) is 0 Å². The van der Waals surface area contributed by atoms with E-state index in [-0.39, 0.29) is 23.7 Å². The molecular formula is C13H24N2O3. The number of amides is 1. The Kier molecular flexibility index (Phi) is 6.12. The maximum atomic E-state index is 12.2. The van der Waals surface area contributed by atoms with Gasteiger partial charge in [0.05, 0.1) is 18.4 Å². The molecule has 0 aliphatic carbocycles. The van der Waals surface area contributed by atoms with Gasteiger partial charge in [0, 0.05) is 6.54 Å². The van der Waals surface area contributed by atoms with Gasteiger partial charge in [-0.15, -0.1) is 0 Å². The highest BCUT2D eigenvalue weighted by molar-refractivity contribution is 5.83. The summed E-state index contributed by atoms with van der Waals surface area (Å²) in [6.45, 7) is 6.36. The van der Waals surface area contributed by atoms with Crippen LogP contribution in [0.1, 0.15) is 39.5 Å². The Morgan fingerprint density at radius 3 is 2.50 bits per heavy atom. The number of carbonyl (C=O) groups is 2. The number of hydrogen-bond acceptors (Lipinski definition) is 4. The van der Waals surface area contributed by atoms with Crippen molar-refractivity contribution in [1.82, 2.24) is 10.6 Å². The maximum absolute atomic E-state index is 12.2. The second-order valence-electron chi connectivity index (χ2n) is 4.69. The summed E-state index contributed by atoms with van der Waals surface area (Å²) in [5.74, 6) is -0.176. The minimum absolute atomic E-state index is 0.0794. The summed E-state index contributed by atoms with van der Waals surface area (Å²) >= 11 is 0. The fraction of sp³-hybridized carbons (Fsp3) is 0.846. The molecule has 1 aliphatic rings. The number of piperidine rings is 1. The van der Waals surface area contributed by atoms with E-state index >= 15 is 0 Å². The largest absolute Gasteiger partial charge is 0.466 e. The van der Waals surface area contributed by atoms with E-state index in [2.05, 4.69) is 17.6 Å². The molecule has 0 aromatic carbocycles.